The predicted molar refractivity (Wildman–Crippen MR) is 172 cm³/mol. The second-order valence-corrected chi connectivity index (χ2v) is 14.1. The summed E-state index contributed by atoms with van der Waals surface area (Å²) < 4.78 is 74.5. The summed E-state index contributed by atoms with van der Waals surface area (Å²) in [4.78, 5) is 27.9. The Kier molecular flexibility index (Phi) is 9.32. The number of alkyl halides is 3. The Morgan fingerprint density at radius 1 is 0.958 bits per heavy atom. The lowest BCUT2D eigenvalue weighted by Gasteiger charge is -2.30. The van der Waals surface area contributed by atoms with Gasteiger partial charge in [0, 0.05) is 30.0 Å². The van der Waals surface area contributed by atoms with Gasteiger partial charge < -0.3 is 9.26 Å². The van der Waals surface area contributed by atoms with Crippen molar-refractivity contribution in [2.75, 3.05) is 13.1 Å². The first-order valence-corrected chi connectivity index (χ1v) is 17.4. The fourth-order valence-electron chi connectivity index (χ4n) is 5.56. The monoisotopic (exact) mass is 695 g/mol. The van der Waals surface area contributed by atoms with Crippen LogP contribution < -0.4 is 0 Å². The van der Waals surface area contributed by atoms with Crippen molar-refractivity contribution in [3.05, 3.63) is 106 Å². The van der Waals surface area contributed by atoms with Crippen LogP contribution in [0, 0.1) is 6.92 Å². The number of halogens is 3. The van der Waals surface area contributed by atoms with Crippen LogP contribution in [0.15, 0.2) is 88.8 Å². The van der Waals surface area contributed by atoms with Crippen LogP contribution in [0.5, 0.6) is 0 Å². The molecule has 6 rings (SSSR count). The van der Waals surface area contributed by atoms with Gasteiger partial charge in [-0.3, -0.25) is 0 Å². The van der Waals surface area contributed by atoms with E-state index in [9.17, 15) is 31.2 Å². The summed E-state index contributed by atoms with van der Waals surface area (Å²) in [6, 6.07) is 22.1. The highest BCUT2D eigenvalue weighted by Crippen LogP contribution is 2.39. The van der Waals surface area contributed by atoms with Crippen molar-refractivity contribution in [1.82, 2.24) is 14.4 Å². The van der Waals surface area contributed by atoms with Gasteiger partial charge in [0.2, 0.25) is 10.0 Å². The SMILES string of the molecule is Cc1onc(-c2cccc(-c3ccc(C(=O)OC(=O)C(F)(F)F)cc3)c2)c1-c1csc(C2CCN(S(=O)(=O)Cc3ccccc3)CC2)n1. The molecule has 0 bridgehead atoms. The predicted octanol–water partition coefficient (Wildman–Crippen LogP) is 7.40. The second-order valence-electron chi connectivity index (χ2n) is 11.3. The van der Waals surface area contributed by atoms with E-state index in [-0.39, 0.29) is 17.2 Å². The molecule has 2 aromatic heterocycles. The molecule has 0 spiro atoms. The highest BCUT2D eigenvalue weighted by atomic mass is 32.2. The molecule has 248 valence electrons. The lowest BCUT2D eigenvalue weighted by Crippen LogP contribution is -2.38. The zero-order valence-electron chi connectivity index (χ0n) is 25.4. The Labute approximate surface area is 278 Å². The first-order chi connectivity index (χ1) is 22.9. The number of aryl methyl sites for hydroxylation is 1. The van der Waals surface area contributed by atoms with E-state index in [1.165, 1.54) is 35.6 Å². The van der Waals surface area contributed by atoms with Gasteiger partial charge in [0.15, 0.2) is 0 Å². The summed E-state index contributed by atoms with van der Waals surface area (Å²) in [6.07, 6.45) is -3.96. The molecule has 3 aromatic carbocycles. The van der Waals surface area contributed by atoms with E-state index < -0.39 is 28.1 Å². The number of hydrogen-bond donors (Lipinski definition) is 0. The first kappa shape index (κ1) is 33.2. The molecule has 0 atom stereocenters. The average Bonchev–Trinajstić information content (AvgIpc) is 3.71. The molecule has 3 heterocycles. The van der Waals surface area contributed by atoms with Gasteiger partial charge in [0.1, 0.15) is 11.5 Å². The molecule has 0 N–H and O–H groups in total. The normalized spacial score (nSPS) is 14.6. The number of hydrogen-bond acceptors (Lipinski definition) is 9. The van der Waals surface area contributed by atoms with Crippen LogP contribution in [0.25, 0.3) is 33.6 Å². The number of carbonyl (C=O) groups is 2. The van der Waals surface area contributed by atoms with Crippen LogP contribution in [-0.4, -0.2) is 54.1 Å². The Balaban J connectivity index is 1.16. The molecule has 5 aromatic rings. The molecule has 1 saturated heterocycles. The van der Waals surface area contributed by atoms with Crippen molar-refractivity contribution >= 4 is 33.3 Å². The van der Waals surface area contributed by atoms with Gasteiger partial charge in [0.05, 0.1) is 27.6 Å². The lowest BCUT2D eigenvalue weighted by atomic mass is 9.98. The number of carbonyl (C=O) groups excluding carboxylic acids is 2. The van der Waals surface area contributed by atoms with Crippen molar-refractivity contribution in [3.63, 3.8) is 0 Å². The smallest absolute Gasteiger partial charge is 0.383 e. The van der Waals surface area contributed by atoms with Gasteiger partial charge in [-0.25, -0.2) is 27.3 Å². The summed E-state index contributed by atoms with van der Waals surface area (Å²) in [6.45, 7) is 2.64. The lowest BCUT2D eigenvalue weighted by molar-refractivity contribution is -0.193. The molecule has 0 saturated carbocycles. The molecule has 14 heteroatoms. The molecule has 1 fully saturated rings. The highest BCUT2D eigenvalue weighted by molar-refractivity contribution is 7.88. The van der Waals surface area contributed by atoms with E-state index in [2.05, 4.69) is 9.89 Å². The molecular weight excluding hydrogens is 668 g/mol. The summed E-state index contributed by atoms with van der Waals surface area (Å²) >= 11 is 1.52. The van der Waals surface area contributed by atoms with Crippen LogP contribution in [0.1, 0.15) is 45.4 Å². The van der Waals surface area contributed by atoms with E-state index >= 15 is 0 Å². The van der Waals surface area contributed by atoms with E-state index in [0.29, 0.717) is 48.6 Å². The van der Waals surface area contributed by atoms with Crippen LogP contribution in [0.3, 0.4) is 0 Å². The maximum Gasteiger partial charge on any atom is 0.491 e. The number of piperidine rings is 1. The summed E-state index contributed by atoms with van der Waals surface area (Å²) in [5.41, 5.74) is 4.67. The standard InChI is InChI=1S/C34H28F3N3O6S2/c1-21-29(28-19-47-31(38-28)24-14-16-40(17-15-24)48(43,44)20-22-6-3-2-4-7-22)30(39-46-21)27-9-5-8-26(18-27)23-10-12-25(13-11-23)32(41)45-33(42)34(35,36)37/h2-13,18-19,24H,14-17,20H2,1H3. The minimum atomic E-state index is -5.28. The number of aromatic nitrogens is 2. The number of esters is 2. The van der Waals surface area contributed by atoms with E-state index in [1.807, 2.05) is 60.0 Å². The minimum absolute atomic E-state index is 0.0237. The number of ether oxygens (including phenoxy) is 1. The van der Waals surface area contributed by atoms with Crippen molar-refractivity contribution in [3.8, 4) is 33.6 Å². The Hall–Kier alpha value is -4.66. The van der Waals surface area contributed by atoms with Gasteiger partial charge in [-0.05, 0) is 54.7 Å². The highest BCUT2D eigenvalue weighted by Gasteiger charge is 2.42. The Morgan fingerprint density at radius 2 is 1.65 bits per heavy atom. The molecule has 1 aliphatic rings. The van der Waals surface area contributed by atoms with Gasteiger partial charge >= 0.3 is 18.1 Å². The summed E-state index contributed by atoms with van der Waals surface area (Å²) in [7, 11) is -3.43. The molecule has 9 nitrogen and oxygen atoms in total. The van der Waals surface area contributed by atoms with Gasteiger partial charge in [-0.1, -0.05) is 65.8 Å². The Bertz CT molecular complexity index is 2050. The third kappa shape index (κ3) is 7.25. The summed E-state index contributed by atoms with van der Waals surface area (Å²) in [5.74, 6) is -3.31. The number of nitrogens with zero attached hydrogens (tertiary/aromatic N) is 3. The average molecular weight is 696 g/mol. The van der Waals surface area contributed by atoms with E-state index in [1.54, 1.807) is 11.2 Å². The van der Waals surface area contributed by atoms with Crippen LogP contribution in [-0.2, 0) is 25.3 Å². The van der Waals surface area contributed by atoms with Gasteiger partial charge in [-0.15, -0.1) is 11.3 Å². The Morgan fingerprint density at radius 3 is 2.33 bits per heavy atom. The van der Waals surface area contributed by atoms with E-state index in [0.717, 1.165) is 27.3 Å². The zero-order valence-corrected chi connectivity index (χ0v) is 27.1. The van der Waals surface area contributed by atoms with Crippen molar-refractivity contribution in [1.29, 1.82) is 0 Å². The van der Waals surface area contributed by atoms with E-state index in [4.69, 9.17) is 9.51 Å². The molecule has 0 aliphatic carbocycles. The van der Waals surface area contributed by atoms with Crippen LogP contribution in [0.2, 0.25) is 0 Å². The second kappa shape index (κ2) is 13.5. The van der Waals surface area contributed by atoms with Gasteiger partial charge in [-0.2, -0.15) is 13.2 Å². The number of benzene rings is 3. The fourth-order valence-corrected chi connectivity index (χ4v) is 8.11. The molecule has 48 heavy (non-hydrogen) atoms. The quantitative estimate of drug-likeness (QED) is 0.122. The number of sulfonamides is 1. The maximum absolute atomic E-state index is 13.0. The number of rotatable bonds is 8. The van der Waals surface area contributed by atoms with Gasteiger partial charge in [0.25, 0.3) is 0 Å². The third-order valence-corrected chi connectivity index (χ3v) is 10.9. The van der Waals surface area contributed by atoms with Crippen LogP contribution in [0.4, 0.5) is 13.2 Å². The molecule has 1 aliphatic heterocycles. The minimum Gasteiger partial charge on any atom is -0.383 e. The molecular formula is C34H28F3N3O6S2. The summed E-state index contributed by atoms with van der Waals surface area (Å²) in [5, 5.41) is 7.17. The topological polar surface area (TPSA) is 120 Å². The molecule has 0 unspecified atom stereocenters. The maximum atomic E-state index is 13.0. The van der Waals surface area contributed by atoms with Crippen molar-refractivity contribution < 1.29 is 40.4 Å². The van der Waals surface area contributed by atoms with Crippen LogP contribution >= 0.6 is 11.3 Å². The molecule has 0 amide bonds. The fraction of sp³-hybridized carbons (Fsp3) is 0.235. The third-order valence-electron chi connectivity index (χ3n) is 8.04. The number of thiazole rings is 1. The zero-order chi connectivity index (χ0) is 34.1. The van der Waals surface area contributed by atoms with Crippen molar-refractivity contribution in [2.45, 2.75) is 37.6 Å². The molecule has 0 radical (unpaired) electrons. The first-order valence-electron chi connectivity index (χ1n) is 14.9. The largest absolute Gasteiger partial charge is 0.491 e. The van der Waals surface area contributed by atoms with Crippen molar-refractivity contribution in [2.24, 2.45) is 0 Å².